The molecule has 9 heteroatoms. The number of aryl methyl sites for hydroxylation is 1. The van der Waals surface area contributed by atoms with Gasteiger partial charge in [-0.25, -0.2) is 9.37 Å². The minimum atomic E-state index is -0.431. The van der Waals surface area contributed by atoms with Crippen molar-refractivity contribution in [3.05, 3.63) is 71.0 Å². The lowest BCUT2D eigenvalue weighted by Gasteiger charge is -2.27. The Morgan fingerprint density at radius 1 is 1.07 bits per heavy atom. The second-order valence-electron chi connectivity index (χ2n) is 12.5. The number of hydrogen-bond donors (Lipinski definition) is 1. The third kappa shape index (κ3) is 4.25. The fourth-order valence-electron chi connectivity index (χ4n) is 7.32. The van der Waals surface area contributed by atoms with Crippen LogP contribution in [-0.4, -0.2) is 50.7 Å². The van der Waals surface area contributed by atoms with Crippen LogP contribution in [0.4, 0.5) is 4.39 Å². The molecule has 0 spiro atoms. The van der Waals surface area contributed by atoms with Crippen molar-refractivity contribution in [2.24, 2.45) is 24.6 Å². The number of carbonyl (C=O) groups excluding carboxylic acids is 1. The molecule has 220 valence electrons. The van der Waals surface area contributed by atoms with E-state index in [1.807, 2.05) is 36.2 Å². The molecule has 2 aromatic heterocycles. The third-order valence-corrected chi connectivity index (χ3v) is 10.1. The lowest BCUT2D eigenvalue weighted by atomic mass is 10.0. The van der Waals surface area contributed by atoms with Crippen molar-refractivity contribution in [1.82, 2.24) is 19.0 Å². The van der Waals surface area contributed by atoms with Crippen LogP contribution in [0.1, 0.15) is 36.0 Å². The summed E-state index contributed by atoms with van der Waals surface area (Å²) in [6.45, 7) is 1.59. The van der Waals surface area contributed by atoms with Gasteiger partial charge in [0, 0.05) is 48.7 Å². The quantitative estimate of drug-likeness (QED) is 0.238. The highest BCUT2D eigenvalue weighted by Gasteiger charge is 2.47. The number of nitrogens with zero attached hydrogens (tertiary/aromatic N) is 4. The van der Waals surface area contributed by atoms with Gasteiger partial charge in [-0.15, -0.1) is 0 Å². The number of benzene rings is 3. The molecule has 0 radical (unpaired) electrons. The lowest BCUT2D eigenvalue weighted by Crippen LogP contribution is -2.41. The van der Waals surface area contributed by atoms with Gasteiger partial charge in [0.1, 0.15) is 17.1 Å². The largest absolute Gasteiger partial charge is 0.494 e. The van der Waals surface area contributed by atoms with Crippen molar-refractivity contribution in [2.75, 3.05) is 13.7 Å². The van der Waals surface area contributed by atoms with E-state index in [0.29, 0.717) is 29.7 Å². The number of methoxy groups -OCH3 is 1. The maximum Gasteiger partial charge on any atom is 0.254 e. The fourth-order valence-corrected chi connectivity index (χ4v) is 7.43. The standard InChI is InChI=1S/C34H33ClFN5O2/c1-39-32-26(12-23(15-30(32)43-2)34(42)41-17-22-8-10-27(41)31(22)37)38-33(39)29-14-21-6-5-20(19-7-9-24(35)25(36)11-19)13-28(21)40(29)16-18-3-4-18/h5-7,9,11-15,18,22,27,31H,3-4,8,10,16-17,37H2,1-2H3/t22?,27?,31-/m1/s1. The van der Waals surface area contributed by atoms with Crippen LogP contribution >= 0.6 is 11.6 Å². The van der Waals surface area contributed by atoms with Gasteiger partial charge >= 0.3 is 0 Å². The molecule has 2 unspecified atom stereocenters. The molecular formula is C34H33ClFN5O2. The molecule has 3 heterocycles. The first-order valence-electron chi connectivity index (χ1n) is 15.0. The second kappa shape index (κ2) is 9.82. The molecule has 5 aromatic rings. The lowest BCUT2D eigenvalue weighted by molar-refractivity contribution is 0.0700. The molecule has 1 amide bonds. The number of piperidine rings is 1. The van der Waals surface area contributed by atoms with Crippen LogP contribution in [0, 0.1) is 17.7 Å². The van der Waals surface area contributed by atoms with E-state index in [4.69, 9.17) is 27.1 Å². The van der Waals surface area contributed by atoms with Gasteiger partial charge in [-0.2, -0.15) is 0 Å². The van der Waals surface area contributed by atoms with Gasteiger partial charge in [0.15, 0.2) is 5.82 Å². The topological polar surface area (TPSA) is 78.3 Å². The molecule has 1 saturated heterocycles. The van der Waals surface area contributed by atoms with Crippen molar-refractivity contribution in [3.8, 4) is 28.4 Å². The second-order valence-corrected chi connectivity index (χ2v) is 12.9. The van der Waals surface area contributed by atoms with E-state index in [2.05, 4.69) is 27.3 Å². The number of carbonyl (C=O) groups is 1. The monoisotopic (exact) mass is 597 g/mol. The minimum absolute atomic E-state index is 0.0101. The SMILES string of the molecule is COc1cc(C(=O)N2CC3CCC2[C@@H]3N)cc2nc(-c3cc4ccc(-c5ccc(Cl)c(F)c5)cc4n3CC3CC3)n(C)c12. The number of imidazole rings is 1. The van der Waals surface area contributed by atoms with E-state index in [1.54, 1.807) is 13.2 Å². The molecular weight excluding hydrogens is 565 g/mol. The summed E-state index contributed by atoms with van der Waals surface area (Å²) in [6, 6.07) is 17.2. The number of halogens is 2. The van der Waals surface area contributed by atoms with E-state index in [0.717, 1.165) is 64.0 Å². The summed E-state index contributed by atoms with van der Waals surface area (Å²) in [5, 5.41) is 1.20. The van der Waals surface area contributed by atoms with Gasteiger partial charge in [-0.05, 0) is 85.0 Å². The van der Waals surface area contributed by atoms with Crippen LogP contribution in [0.15, 0.2) is 54.6 Å². The molecule has 2 saturated carbocycles. The van der Waals surface area contributed by atoms with E-state index >= 15 is 0 Å². The van der Waals surface area contributed by atoms with Gasteiger partial charge < -0.3 is 24.5 Å². The Balaban J connectivity index is 1.24. The Morgan fingerprint density at radius 3 is 2.56 bits per heavy atom. The number of amides is 1. The number of ether oxygens (including phenoxy) is 1. The van der Waals surface area contributed by atoms with E-state index in [9.17, 15) is 9.18 Å². The molecule has 1 aliphatic heterocycles. The highest BCUT2D eigenvalue weighted by molar-refractivity contribution is 6.30. The summed E-state index contributed by atoms with van der Waals surface area (Å²) in [4.78, 5) is 20.7. The van der Waals surface area contributed by atoms with Gasteiger partial charge in [0.05, 0.1) is 23.3 Å². The number of fused-ring (bicyclic) bond motifs is 4. The summed E-state index contributed by atoms with van der Waals surface area (Å²) in [5.41, 5.74) is 12.3. The van der Waals surface area contributed by atoms with E-state index in [1.165, 1.54) is 18.9 Å². The first kappa shape index (κ1) is 26.7. The van der Waals surface area contributed by atoms with Gasteiger partial charge in [-0.1, -0.05) is 29.8 Å². The Morgan fingerprint density at radius 2 is 1.86 bits per heavy atom. The molecule has 3 atom stereocenters. The molecule has 43 heavy (non-hydrogen) atoms. The number of likely N-dealkylation sites (tertiary alicyclic amines) is 1. The Kier molecular flexibility index (Phi) is 6.11. The van der Waals surface area contributed by atoms with Crippen LogP contribution < -0.4 is 10.5 Å². The highest BCUT2D eigenvalue weighted by atomic mass is 35.5. The van der Waals surface area contributed by atoms with Gasteiger partial charge in [0.2, 0.25) is 0 Å². The zero-order valence-corrected chi connectivity index (χ0v) is 24.9. The van der Waals surface area contributed by atoms with Crippen LogP contribution in [-0.2, 0) is 13.6 Å². The van der Waals surface area contributed by atoms with E-state index in [-0.39, 0.29) is 23.0 Å². The van der Waals surface area contributed by atoms with Crippen LogP contribution in [0.3, 0.4) is 0 Å². The first-order chi connectivity index (χ1) is 20.8. The van der Waals surface area contributed by atoms with Crippen molar-refractivity contribution >= 4 is 39.4 Å². The number of rotatable bonds is 6. The molecule has 3 aromatic carbocycles. The summed E-state index contributed by atoms with van der Waals surface area (Å²) in [5.74, 6) is 1.97. The average molecular weight is 598 g/mol. The van der Waals surface area contributed by atoms with Gasteiger partial charge in [-0.3, -0.25) is 4.79 Å². The molecule has 7 nitrogen and oxygen atoms in total. The highest BCUT2D eigenvalue weighted by Crippen LogP contribution is 2.41. The maximum absolute atomic E-state index is 14.3. The number of nitrogens with two attached hydrogens (primary N) is 1. The normalized spacial score (nSPS) is 21.4. The molecule has 3 fully saturated rings. The predicted octanol–water partition coefficient (Wildman–Crippen LogP) is 6.63. The third-order valence-electron chi connectivity index (χ3n) is 9.84. The van der Waals surface area contributed by atoms with Crippen molar-refractivity contribution < 1.29 is 13.9 Å². The predicted molar refractivity (Wildman–Crippen MR) is 167 cm³/mol. The summed E-state index contributed by atoms with van der Waals surface area (Å²) >= 11 is 5.95. The Bertz CT molecular complexity index is 1940. The van der Waals surface area contributed by atoms with Crippen LogP contribution in [0.5, 0.6) is 5.75 Å². The smallest absolute Gasteiger partial charge is 0.254 e. The Labute approximate surface area is 254 Å². The van der Waals surface area contributed by atoms with Crippen molar-refractivity contribution in [3.63, 3.8) is 0 Å². The molecule has 8 rings (SSSR count). The fraction of sp³-hybridized carbons (Fsp3) is 0.353. The summed E-state index contributed by atoms with van der Waals surface area (Å²) < 4.78 is 24.5. The maximum atomic E-state index is 14.3. The molecule has 2 N–H and O–H groups in total. The Hall–Kier alpha value is -3.88. The number of hydrogen-bond acceptors (Lipinski definition) is 4. The van der Waals surface area contributed by atoms with E-state index < -0.39 is 5.82 Å². The first-order valence-corrected chi connectivity index (χ1v) is 15.4. The number of aromatic nitrogens is 3. The average Bonchev–Trinajstić information content (AvgIpc) is 3.42. The van der Waals surface area contributed by atoms with Gasteiger partial charge in [0.25, 0.3) is 5.91 Å². The van der Waals surface area contributed by atoms with Crippen LogP contribution in [0.2, 0.25) is 5.02 Å². The van der Waals surface area contributed by atoms with Crippen molar-refractivity contribution in [2.45, 2.75) is 44.3 Å². The zero-order chi connectivity index (χ0) is 29.6. The molecule has 2 aliphatic carbocycles. The molecule has 2 bridgehead atoms. The minimum Gasteiger partial charge on any atom is -0.494 e. The van der Waals surface area contributed by atoms with Crippen LogP contribution in [0.25, 0.3) is 44.6 Å². The van der Waals surface area contributed by atoms with Crippen molar-refractivity contribution in [1.29, 1.82) is 0 Å². The summed E-state index contributed by atoms with van der Waals surface area (Å²) in [6.07, 6.45) is 4.45. The zero-order valence-electron chi connectivity index (χ0n) is 24.2. The summed E-state index contributed by atoms with van der Waals surface area (Å²) in [7, 11) is 3.63. The molecule has 3 aliphatic rings.